The summed E-state index contributed by atoms with van der Waals surface area (Å²) in [5.74, 6) is 0. The van der Waals surface area contributed by atoms with Gasteiger partial charge in [0.05, 0.1) is 31.5 Å². The van der Waals surface area contributed by atoms with Crippen molar-refractivity contribution in [2.45, 2.75) is 89.4 Å². The maximum atomic E-state index is 6.37. The summed E-state index contributed by atoms with van der Waals surface area (Å²) in [6.07, 6.45) is 6.62. The molecule has 4 heteroatoms. The summed E-state index contributed by atoms with van der Waals surface area (Å²) >= 11 is 0. The van der Waals surface area contributed by atoms with Crippen LogP contribution in [0, 0.1) is 0 Å². The van der Waals surface area contributed by atoms with Crippen molar-refractivity contribution >= 4 is 0 Å². The molecule has 1 saturated carbocycles. The summed E-state index contributed by atoms with van der Waals surface area (Å²) in [5, 5.41) is 0. The topological polar surface area (TPSA) is 36.9 Å². The van der Waals surface area contributed by atoms with Gasteiger partial charge >= 0.3 is 0 Å². The van der Waals surface area contributed by atoms with E-state index in [0.29, 0.717) is 25.7 Å². The Morgan fingerprint density at radius 2 is 1.40 bits per heavy atom. The zero-order valence-electron chi connectivity index (χ0n) is 18.0. The molecular formula is C26H34O4. The van der Waals surface area contributed by atoms with Crippen LogP contribution in [0.2, 0.25) is 0 Å². The van der Waals surface area contributed by atoms with Gasteiger partial charge in [0.15, 0.2) is 6.29 Å². The normalized spacial score (nSPS) is 27.8. The lowest BCUT2D eigenvalue weighted by atomic mass is 9.97. The van der Waals surface area contributed by atoms with Crippen LogP contribution in [0.25, 0.3) is 0 Å². The second-order valence-corrected chi connectivity index (χ2v) is 8.50. The van der Waals surface area contributed by atoms with Crippen molar-refractivity contribution in [1.29, 1.82) is 0 Å². The first-order valence-corrected chi connectivity index (χ1v) is 11.4. The molecule has 1 heterocycles. The third-order valence-corrected chi connectivity index (χ3v) is 6.11. The summed E-state index contributed by atoms with van der Waals surface area (Å²) in [7, 11) is 0. The van der Waals surface area contributed by atoms with Crippen LogP contribution in [0.1, 0.15) is 56.6 Å². The first-order valence-electron chi connectivity index (χ1n) is 11.4. The van der Waals surface area contributed by atoms with Crippen LogP contribution in [0.5, 0.6) is 0 Å². The van der Waals surface area contributed by atoms with E-state index >= 15 is 0 Å². The zero-order chi connectivity index (χ0) is 20.6. The number of benzene rings is 2. The first-order chi connectivity index (χ1) is 14.8. The molecule has 30 heavy (non-hydrogen) atoms. The van der Waals surface area contributed by atoms with Gasteiger partial charge in [-0.1, -0.05) is 79.9 Å². The second kappa shape index (κ2) is 11.1. The van der Waals surface area contributed by atoms with Crippen molar-refractivity contribution in [3.63, 3.8) is 0 Å². The second-order valence-electron chi connectivity index (χ2n) is 8.50. The molecule has 2 aliphatic rings. The fraction of sp³-hybridized carbons (Fsp3) is 0.538. The average molecular weight is 411 g/mol. The van der Waals surface area contributed by atoms with E-state index < -0.39 is 0 Å². The Morgan fingerprint density at radius 1 is 0.800 bits per heavy atom. The summed E-state index contributed by atoms with van der Waals surface area (Å²) in [5.41, 5.74) is 2.33. The third-order valence-electron chi connectivity index (χ3n) is 6.11. The smallest absolute Gasteiger partial charge is 0.161 e. The Balaban J connectivity index is 1.39. The van der Waals surface area contributed by atoms with Gasteiger partial charge < -0.3 is 18.9 Å². The van der Waals surface area contributed by atoms with Gasteiger partial charge in [0.2, 0.25) is 0 Å². The maximum absolute atomic E-state index is 6.37. The quantitative estimate of drug-likeness (QED) is 0.564. The molecule has 0 radical (unpaired) electrons. The molecule has 1 aliphatic heterocycles. The van der Waals surface area contributed by atoms with Crippen LogP contribution in [-0.4, -0.2) is 30.7 Å². The van der Waals surface area contributed by atoms with Gasteiger partial charge in [0, 0.05) is 6.42 Å². The molecule has 1 aliphatic carbocycles. The largest absolute Gasteiger partial charge is 0.371 e. The molecule has 162 valence electrons. The van der Waals surface area contributed by atoms with Crippen LogP contribution in [0.4, 0.5) is 0 Å². The van der Waals surface area contributed by atoms with Crippen molar-refractivity contribution in [3.05, 3.63) is 71.8 Å². The SMILES string of the molecule is C[C@@H]1OC(OC2CCCCC2)C[C@H](OCc2ccccc2)[C@H]1OCc1ccccc1. The Morgan fingerprint density at radius 3 is 2.03 bits per heavy atom. The van der Waals surface area contributed by atoms with Crippen molar-refractivity contribution in [1.82, 2.24) is 0 Å². The van der Waals surface area contributed by atoms with Crippen molar-refractivity contribution in [3.8, 4) is 0 Å². The number of ether oxygens (including phenoxy) is 4. The van der Waals surface area contributed by atoms with Crippen molar-refractivity contribution < 1.29 is 18.9 Å². The van der Waals surface area contributed by atoms with Crippen molar-refractivity contribution in [2.24, 2.45) is 0 Å². The van der Waals surface area contributed by atoms with Gasteiger partial charge in [0.1, 0.15) is 6.10 Å². The highest BCUT2D eigenvalue weighted by Crippen LogP contribution is 2.30. The van der Waals surface area contributed by atoms with Gasteiger partial charge in [-0.3, -0.25) is 0 Å². The highest BCUT2D eigenvalue weighted by atomic mass is 16.7. The van der Waals surface area contributed by atoms with E-state index in [0.717, 1.165) is 18.4 Å². The average Bonchev–Trinajstić information content (AvgIpc) is 2.79. The molecule has 1 unspecified atom stereocenters. The van der Waals surface area contributed by atoms with Gasteiger partial charge in [-0.25, -0.2) is 0 Å². The Hall–Kier alpha value is -1.72. The van der Waals surface area contributed by atoms with Gasteiger partial charge in [-0.05, 0) is 30.9 Å². The lowest BCUT2D eigenvalue weighted by molar-refractivity contribution is -0.278. The molecule has 1 saturated heterocycles. The molecule has 0 amide bonds. The first kappa shape index (κ1) is 21.5. The third kappa shape index (κ3) is 6.14. The number of rotatable bonds is 8. The minimum absolute atomic E-state index is 0.0636. The molecule has 4 nitrogen and oxygen atoms in total. The Bertz CT molecular complexity index is 729. The molecule has 0 spiro atoms. The van der Waals surface area contributed by atoms with Crippen LogP contribution in [-0.2, 0) is 32.2 Å². The molecular weight excluding hydrogens is 376 g/mol. The van der Waals surface area contributed by atoms with E-state index in [1.54, 1.807) is 0 Å². The predicted octanol–water partition coefficient (Wildman–Crippen LogP) is 5.64. The van der Waals surface area contributed by atoms with Gasteiger partial charge in [-0.2, -0.15) is 0 Å². The van der Waals surface area contributed by atoms with Gasteiger partial charge in [-0.15, -0.1) is 0 Å². The standard InChI is InChI=1S/C26H34O4/c1-20-26(28-19-22-13-7-3-8-14-22)24(27-18-21-11-5-2-6-12-21)17-25(29-20)30-23-15-9-4-10-16-23/h2-3,5-8,11-14,20,23-26H,4,9-10,15-19H2,1H3/t20-,24-,25?,26-/m0/s1. The molecule has 0 aromatic heterocycles. The van der Waals surface area contributed by atoms with Crippen molar-refractivity contribution in [2.75, 3.05) is 0 Å². The lowest BCUT2D eigenvalue weighted by Crippen LogP contribution is -2.50. The molecule has 0 bridgehead atoms. The summed E-state index contributed by atoms with van der Waals surface area (Å²) in [6.45, 7) is 3.20. The summed E-state index contributed by atoms with van der Waals surface area (Å²) in [4.78, 5) is 0. The molecule has 2 aromatic carbocycles. The highest BCUT2D eigenvalue weighted by molar-refractivity contribution is 5.14. The summed E-state index contributed by atoms with van der Waals surface area (Å²) < 4.78 is 25.3. The lowest BCUT2D eigenvalue weighted by Gasteiger charge is -2.41. The number of hydrogen-bond acceptors (Lipinski definition) is 4. The minimum Gasteiger partial charge on any atom is -0.371 e. The number of hydrogen-bond donors (Lipinski definition) is 0. The van der Waals surface area contributed by atoms with Gasteiger partial charge in [0.25, 0.3) is 0 Å². The molecule has 2 aromatic rings. The van der Waals surface area contributed by atoms with E-state index in [9.17, 15) is 0 Å². The maximum Gasteiger partial charge on any atom is 0.161 e. The molecule has 4 rings (SSSR count). The van der Waals surface area contributed by atoms with E-state index in [4.69, 9.17) is 18.9 Å². The van der Waals surface area contributed by atoms with Crippen LogP contribution >= 0.6 is 0 Å². The monoisotopic (exact) mass is 410 g/mol. The van der Waals surface area contributed by atoms with E-state index in [2.05, 4.69) is 31.2 Å². The Labute approximate surface area is 180 Å². The van der Waals surface area contributed by atoms with E-state index in [-0.39, 0.29) is 24.6 Å². The van der Waals surface area contributed by atoms with E-state index in [1.807, 2.05) is 36.4 Å². The molecule has 2 fully saturated rings. The summed E-state index contributed by atoms with van der Waals surface area (Å²) in [6, 6.07) is 20.6. The minimum atomic E-state index is -0.222. The zero-order valence-corrected chi connectivity index (χ0v) is 18.0. The molecule has 0 N–H and O–H groups in total. The van der Waals surface area contributed by atoms with Crippen LogP contribution in [0.15, 0.2) is 60.7 Å². The van der Waals surface area contributed by atoms with Crippen LogP contribution < -0.4 is 0 Å². The fourth-order valence-electron chi connectivity index (χ4n) is 4.45. The van der Waals surface area contributed by atoms with E-state index in [1.165, 1.54) is 24.8 Å². The van der Waals surface area contributed by atoms with Crippen LogP contribution in [0.3, 0.4) is 0 Å². The fourth-order valence-corrected chi connectivity index (χ4v) is 4.45. The molecule has 4 atom stereocenters. The Kier molecular flexibility index (Phi) is 7.93. The predicted molar refractivity (Wildman–Crippen MR) is 117 cm³/mol. The highest BCUT2D eigenvalue weighted by Gasteiger charge is 2.39.